The first-order valence-corrected chi connectivity index (χ1v) is 7.99. The van der Waals surface area contributed by atoms with E-state index in [0.717, 1.165) is 23.4 Å². The van der Waals surface area contributed by atoms with Crippen molar-refractivity contribution < 1.29 is 18.3 Å². The Morgan fingerprint density at radius 1 is 1.12 bits per heavy atom. The van der Waals surface area contributed by atoms with Gasteiger partial charge in [-0.25, -0.2) is 8.78 Å². The molecule has 0 spiro atoms. The number of rotatable bonds is 6. The molecule has 2 aromatic carbocycles. The first-order chi connectivity index (χ1) is 12.6. The van der Waals surface area contributed by atoms with Crippen LogP contribution in [0.1, 0.15) is 16.1 Å². The van der Waals surface area contributed by atoms with Crippen molar-refractivity contribution in [2.45, 2.75) is 6.42 Å². The van der Waals surface area contributed by atoms with Crippen molar-refractivity contribution in [3.05, 3.63) is 71.4 Å². The second-order valence-corrected chi connectivity index (χ2v) is 5.65. The minimum absolute atomic E-state index is 0.250. The lowest BCUT2D eigenvalue weighted by molar-refractivity contribution is 0.0949. The van der Waals surface area contributed by atoms with Gasteiger partial charge in [0.25, 0.3) is 5.91 Å². The van der Waals surface area contributed by atoms with E-state index in [2.05, 4.69) is 15.5 Å². The van der Waals surface area contributed by atoms with E-state index in [1.807, 2.05) is 24.3 Å². The number of H-pyrrole nitrogens is 1. The van der Waals surface area contributed by atoms with Crippen LogP contribution in [0, 0.1) is 11.6 Å². The average Bonchev–Trinajstić information content (AvgIpc) is 3.15. The van der Waals surface area contributed by atoms with Crippen molar-refractivity contribution >= 4 is 5.91 Å². The predicted molar refractivity (Wildman–Crippen MR) is 93.0 cm³/mol. The number of aromatic nitrogens is 2. The van der Waals surface area contributed by atoms with Crippen molar-refractivity contribution in [2.24, 2.45) is 0 Å². The van der Waals surface area contributed by atoms with Gasteiger partial charge in [-0.05, 0) is 48.4 Å². The van der Waals surface area contributed by atoms with Crippen LogP contribution in [0.4, 0.5) is 8.78 Å². The SMILES string of the molecule is COc1ccc(CCNC(=O)c2cc(-c3ccc(F)c(F)c3)n[nH]2)cc1. The van der Waals surface area contributed by atoms with Crippen molar-refractivity contribution in [3.8, 4) is 17.0 Å². The largest absolute Gasteiger partial charge is 0.497 e. The highest BCUT2D eigenvalue weighted by Crippen LogP contribution is 2.20. The van der Waals surface area contributed by atoms with E-state index in [1.54, 1.807) is 7.11 Å². The van der Waals surface area contributed by atoms with Gasteiger partial charge in [0.2, 0.25) is 0 Å². The summed E-state index contributed by atoms with van der Waals surface area (Å²) in [5.41, 5.74) is 2.07. The van der Waals surface area contributed by atoms with Crippen LogP contribution in [-0.4, -0.2) is 29.8 Å². The Labute approximate surface area is 149 Å². The molecule has 0 atom stereocenters. The summed E-state index contributed by atoms with van der Waals surface area (Å²) in [4.78, 5) is 12.2. The van der Waals surface area contributed by atoms with Gasteiger partial charge in [0.05, 0.1) is 12.8 Å². The van der Waals surface area contributed by atoms with Crippen LogP contribution in [0.3, 0.4) is 0 Å². The normalized spacial score (nSPS) is 10.6. The molecule has 0 aliphatic carbocycles. The number of nitrogens with zero attached hydrogens (tertiary/aromatic N) is 1. The zero-order chi connectivity index (χ0) is 18.5. The Balaban J connectivity index is 1.58. The summed E-state index contributed by atoms with van der Waals surface area (Å²) in [6.07, 6.45) is 0.667. The van der Waals surface area contributed by atoms with E-state index in [0.29, 0.717) is 24.2 Å². The lowest BCUT2D eigenvalue weighted by atomic mass is 10.1. The summed E-state index contributed by atoms with van der Waals surface area (Å²) < 4.78 is 31.4. The molecule has 26 heavy (non-hydrogen) atoms. The molecule has 0 saturated carbocycles. The van der Waals surface area contributed by atoms with Crippen LogP contribution >= 0.6 is 0 Å². The number of hydrogen-bond donors (Lipinski definition) is 2. The molecule has 0 aliphatic heterocycles. The Morgan fingerprint density at radius 3 is 2.58 bits per heavy atom. The van der Waals surface area contributed by atoms with Gasteiger partial charge in [-0.15, -0.1) is 0 Å². The van der Waals surface area contributed by atoms with Gasteiger partial charge in [-0.3, -0.25) is 9.89 Å². The van der Waals surface area contributed by atoms with Gasteiger partial charge < -0.3 is 10.1 Å². The van der Waals surface area contributed by atoms with E-state index >= 15 is 0 Å². The fraction of sp³-hybridized carbons (Fsp3) is 0.158. The molecular formula is C19H17F2N3O2. The molecule has 3 aromatic rings. The second-order valence-electron chi connectivity index (χ2n) is 5.65. The van der Waals surface area contributed by atoms with Crippen LogP contribution in [-0.2, 0) is 6.42 Å². The molecule has 0 saturated heterocycles. The summed E-state index contributed by atoms with van der Waals surface area (Å²) in [5.74, 6) is -1.43. The quantitative estimate of drug-likeness (QED) is 0.711. The standard InChI is InChI=1S/C19H17F2N3O2/c1-26-14-5-2-12(3-6-14)8-9-22-19(25)18-11-17(23-24-18)13-4-7-15(20)16(21)10-13/h2-7,10-11H,8-9H2,1H3,(H,22,25)(H,23,24). The third-order valence-corrected chi connectivity index (χ3v) is 3.90. The summed E-state index contributed by atoms with van der Waals surface area (Å²) in [7, 11) is 1.61. The van der Waals surface area contributed by atoms with Gasteiger partial charge in [0, 0.05) is 12.1 Å². The molecule has 1 heterocycles. The molecule has 5 nitrogen and oxygen atoms in total. The third kappa shape index (κ3) is 4.05. The summed E-state index contributed by atoms with van der Waals surface area (Å²) in [5, 5.41) is 9.37. The smallest absolute Gasteiger partial charge is 0.269 e. The minimum atomic E-state index is -0.962. The molecule has 3 rings (SSSR count). The first-order valence-electron chi connectivity index (χ1n) is 7.99. The first kappa shape index (κ1) is 17.6. The molecule has 2 N–H and O–H groups in total. The molecule has 0 fully saturated rings. The maximum absolute atomic E-state index is 13.3. The number of methoxy groups -OCH3 is 1. The molecule has 134 valence electrons. The summed E-state index contributed by atoms with van der Waals surface area (Å²) in [6.45, 7) is 0.449. The molecule has 0 unspecified atom stereocenters. The highest BCUT2D eigenvalue weighted by molar-refractivity contribution is 5.93. The van der Waals surface area contributed by atoms with Crippen LogP contribution in [0.5, 0.6) is 5.75 Å². The Kier molecular flexibility index (Phi) is 5.26. The van der Waals surface area contributed by atoms with Crippen LogP contribution in [0.15, 0.2) is 48.5 Å². The molecule has 1 aromatic heterocycles. The summed E-state index contributed by atoms with van der Waals surface area (Å²) in [6, 6.07) is 12.5. The van der Waals surface area contributed by atoms with Crippen LogP contribution < -0.4 is 10.1 Å². The van der Waals surface area contributed by atoms with E-state index in [1.165, 1.54) is 12.1 Å². The van der Waals surface area contributed by atoms with Crippen LogP contribution in [0.2, 0.25) is 0 Å². The van der Waals surface area contributed by atoms with Gasteiger partial charge in [0.1, 0.15) is 11.4 Å². The van der Waals surface area contributed by atoms with Crippen molar-refractivity contribution in [2.75, 3.05) is 13.7 Å². The number of nitrogens with one attached hydrogen (secondary N) is 2. The molecular weight excluding hydrogens is 340 g/mol. The fourth-order valence-corrected chi connectivity index (χ4v) is 2.45. The molecule has 0 radical (unpaired) electrons. The van der Waals surface area contributed by atoms with E-state index in [9.17, 15) is 13.6 Å². The third-order valence-electron chi connectivity index (χ3n) is 3.90. The fourth-order valence-electron chi connectivity index (χ4n) is 2.45. The van der Waals surface area contributed by atoms with Gasteiger partial charge in [0.15, 0.2) is 11.6 Å². The molecule has 1 amide bonds. The Hall–Kier alpha value is -3.22. The topological polar surface area (TPSA) is 67.0 Å². The maximum atomic E-state index is 13.3. The van der Waals surface area contributed by atoms with E-state index < -0.39 is 11.6 Å². The highest BCUT2D eigenvalue weighted by Gasteiger charge is 2.12. The Bertz CT molecular complexity index is 907. The lowest BCUT2D eigenvalue weighted by Crippen LogP contribution is -2.26. The van der Waals surface area contributed by atoms with Crippen molar-refractivity contribution in [1.29, 1.82) is 0 Å². The zero-order valence-corrected chi connectivity index (χ0v) is 14.1. The molecule has 0 bridgehead atoms. The number of halogens is 2. The number of aromatic amines is 1. The summed E-state index contributed by atoms with van der Waals surface area (Å²) >= 11 is 0. The number of ether oxygens (including phenoxy) is 1. The number of amides is 1. The van der Waals surface area contributed by atoms with E-state index in [4.69, 9.17) is 4.74 Å². The maximum Gasteiger partial charge on any atom is 0.269 e. The monoisotopic (exact) mass is 357 g/mol. The average molecular weight is 357 g/mol. The van der Waals surface area contributed by atoms with Gasteiger partial charge >= 0.3 is 0 Å². The van der Waals surface area contributed by atoms with Gasteiger partial charge in [-0.2, -0.15) is 5.10 Å². The molecule has 7 heteroatoms. The Morgan fingerprint density at radius 2 is 1.88 bits per heavy atom. The number of carbonyl (C=O) groups is 1. The van der Waals surface area contributed by atoms with Crippen molar-refractivity contribution in [3.63, 3.8) is 0 Å². The second kappa shape index (κ2) is 7.77. The molecule has 0 aliphatic rings. The van der Waals surface area contributed by atoms with Crippen molar-refractivity contribution in [1.82, 2.24) is 15.5 Å². The van der Waals surface area contributed by atoms with Crippen LogP contribution in [0.25, 0.3) is 11.3 Å². The zero-order valence-electron chi connectivity index (χ0n) is 14.1. The number of carbonyl (C=O) groups excluding carboxylic acids is 1. The number of hydrogen-bond acceptors (Lipinski definition) is 3. The van der Waals surface area contributed by atoms with E-state index in [-0.39, 0.29) is 11.6 Å². The highest BCUT2D eigenvalue weighted by atomic mass is 19.2. The lowest BCUT2D eigenvalue weighted by Gasteiger charge is -2.05. The predicted octanol–water partition coefficient (Wildman–Crippen LogP) is 3.34. The van der Waals surface area contributed by atoms with Gasteiger partial charge in [-0.1, -0.05) is 12.1 Å². The minimum Gasteiger partial charge on any atom is -0.497 e. The number of benzene rings is 2.